The normalized spacial score (nSPS) is 15.0. The molecule has 0 atom stereocenters. The Labute approximate surface area is 190 Å². The molecule has 8 heteroatoms. The van der Waals surface area contributed by atoms with Gasteiger partial charge >= 0.3 is 0 Å². The number of piperidine rings is 1. The van der Waals surface area contributed by atoms with Crippen molar-refractivity contribution < 1.29 is 9.53 Å². The molecule has 1 aliphatic heterocycles. The molecule has 1 saturated heterocycles. The molecule has 0 aliphatic carbocycles. The molecule has 32 heavy (non-hydrogen) atoms. The molecule has 1 aliphatic rings. The average Bonchev–Trinajstić information content (AvgIpc) is 3.24. The average molecular weight is 446 g/mol. The van der Waals surface area contributed by atoms with Crippen LogP contribution in [0.3, 0.4) is 0 Å². The predicted molar refractivity (Wildman–Crippen MR) is 126 cm³/mol. The van der Waals surface area contributed by atoms with Gasteiger partial charge in [0.1, 0.15) is 17.7 Å². The molecule has 162 valence electrons. The summed E-state index contributed by atoms with van der Waals surface area (Å²) >= 11 is 1.63. The fourth-order valence-corrected chi connectivity index (χ4v) is 4.84. The summed E-state index contributed by atoms with van der Waals surface area (Å²) in [5.41, 5.74) is 2.82. The summed E-state index contributed by atoms with van der Waals surface area (Å²) in [6, 6.07) is 15.9. The zero-order valence-corrected chi connectivity index (χ0v) is 18.3. The lowest BCUT2D eigenvalue weighted by Crippen LogP contribution is -2.34. The van der Waals surface area contributed by atoms with Crippen molar-refractivity contribution in [3.8, 4) is 11.6 Å². The van der Waals surface area contributed by atoms with Crippen molar-refractivity contribution in [1.29, 1.82) is 0 Å². The fourth-order valence-electron chi connectivity index (χ4n) is 3.96. The highest BCUT2D eigenvalue weighted by atomic mass is 32.1. The Hall–Kier alpha value is -3.36. The van der Waals surface area contributed by atoms with Gasteiger partial charge in [-0.25, -0.2) is 9.97 Å². The zero-order valence-electron chi connectivity index (χ0n) is 17.5. The van der Waals surface area contributed by atoms with Gasteiger partial charge in [0.25, 0.3) is 0 Å². The van der Waals surface area contributed by atoms with E-state index in [1.807, 2.05) is 42.5 Å². The van der Waals surface area contributed by atoms with E-state index in [1.165, 1.54) is 0 Å². The van der Waals surface area contributed by atoms with Crippen LogP contribution in [0.1, 0.15) is 24.5 Å². The lowest BCUT2D eigenvalue weighted by atomic mass is 9.93. The van der Waals surface area contributed by atoms with Crippen LogP contribution in [-0.2, 0) is 4.79 Å². The molecule has 2 aromatic carbocycles. The number of ether oxygens (including phenoxy) is 1. The van der Waals surface area contributed by atoms with Crippen molar-refractivity contribution in [3.63, 3.8) is 0 Å². The topological polar surface area (TPSA) is 80.2 Å². The molecular weight excluding hydrogens is 422 g/mol. The molecule has 2 aromatic heterocycles. The smallest absolute Gasteiger partial charge is 0.241 e. The van der Waals surface area contributed by atoms with Gasteiger partial charge in [-0.2, -0.15) is 0 Å². The number of nitrogens with zero attached hydrogens (tertiary/aromatic N) is 4. The summed E-state index contributed by atoms with van der Waals surface area (Å²) in [5.74, 6) is 1.54. The maximum Gasteiger partial charge on any atom is 0.241 e. The largest absolute Gasteiger partial charge is 0.437 e. The van der Waals surface area contributed by atoms with Gasteiger partial charge in [0.05, 0.1) is 16.8 Å². The maximum absolute atomic E-state index is 10.8. The Bertz CT molecular complexity index is 1170. The molecule has 0 amide bonds. The first-order valence-corrected chi connectivity index (χ1v) is 11.5. The quantitative estimate of drug-likeness (QED) is 0.401. The van der Waals surface area contributed by atoms with Crippen molar-refractivity contribution in [2.45, 2.75) is 18.8 Å². The van der Waals surface area contributed by atoms with Crippen LogP contribution in [0, 0.1) is 0 Å². The van der Waals surface area contributed by atoms with Crippen molar-refractivity contribution in [1.82, 2.24) is 19.9 Å². The number of anilines is 2. The van der Waals surface area contributed by atoms with Gasteiger partial charge < -0.3 is 14.8 Å². The molecule has 0 radical (unpaired) electrons. The number of para-hydroxylation sites is 1. The van der Waals surface area contributed by atoms with E-state index in [1.54, 1.807) is 23.7 Å². The van der Waals surface area contributed by atoms with Crippen molar-refractivity contribution in [2.75, 3.05) is 25.0 Å². The third-order valence-electron chi connectivity index (χ3n) is 5.61. The number of aldehydes is 1. The van der Waals surface area contributed by atoms with Gasteiger partial charge in [-0.05, 0) is 62.3 Å². The lowest BCUT2D eigenvalue weighted by Gasteiger charge is -2.30. The number of carbonyl (C=O) groups is 1. The Kier molecular flexibility index (Phi) is 6.04. The Morgan fingerprint density at radius 3 is 2.62 bits per heavy atom. The SMILES string of the molecule is O=CCN1CCC(c2nccnc2Oc2ccc(Nc3nc4ccccc4s3)cc2)CC1. The highest BCUT2D eigenvalue weighted by Crippen LogP contribution is 2.34. The number of rotatable bonds is 7. The number of thiazole rings is 1. The molecule has 0 spiro atoms. The number of carbonyl (C=O) groups excluding carboxylic acids is 1. The first-order valence-electron chi connectivity index (χ1n) is 10.7. The minimum absolute atomic E-state index is 0.279. The van der Waals surface area contributed by atoms with Gasteiger partial charge in [0.15, 0.2) is 5.13 Å². The molecule has 1 N–H and O–H groups in total. The molecule has 1 fully saturated rings. The van der Waals surface area contributed by atoms with Gasteiger partial charge in [0.2, 0.25) is 5.88 Å². The second-order valence-electron chi connectivity index (χ2n) is 7.73. The van der Waals surface area contributed by atoms with E-state index < -0.39 is 0 Å². The summed E-state index contributed by atoms with van der Waals surface area (Å²) in [6.07, 6.45) is 6.21. The molecule has 5 rings (SSSR count). The van der Waals surface area contributed by atoms with E-state index in [9.17, 15) is 4.79 Å². The van der Waals surface area contributed by atoms with Crippen LogP contribution < -0.4 is 10.1 Å². The predicted octanol–water partition coefficient (Wildman–Crippen LogP) is 5.00. The van der Waals surface area contributed by atoms with Crippen LogP contribution in [0.5, 0.6) is 11.6 Å². The summed E-state index contributed by atoms with van der Waals surface area (Å²) in [7, 11) is 0. The fraction of sp³-hybridized carbons (Fsp3) is 0.250. The second kappa shape index (κ2) is 9.42. The van der Waals surface area contributed by atoms with Crippen LogP contribution in [0.4, 0.5) is 10.8 Å². The molecule has 0 saturated carbocycles. The highest BCUT2D eigenvalue weighted by Gasteiger charge is 2.25. The number of benzene rings is 2. The molecule has 3 heterocycles. The first-order chi connectivity index (χ1) is 15.8. The highest BCUT2D eigenvalue weighted by molar-refractivity contribution is 7.22. The number of likely N-dealkylation sites (tertiary alicyclic amines) is 1. The number of nitrogens with one attached hydrogen (secondary N) is 1. The van der Waals surface area contributed by atoms with Crippen LogP contribution in [0.15, 0.2) is 60.9 Å². The number of fused-ring (bicyclic) bond motifs is 1. The van der Waals surface area contributed by atoms with Gasteiger partial charge in [0, 0.05) is 24.0 Å². The Balaban J connectivity index is 1.26. The van der Waals surface area contributed by atoms with E-state index in [-0.39, 0.29) is 5.92 Å². The number of aromatic nitrogens is 3. The van der Waals surface area contributed by atoms with E-state index in [0.717, 1.165) is 58.9 Å². The maximum atomic E-state index is 10.8. The summed E-state index contributed by atoms with van der Waals surface area (Å²) in [5, 5.41) is 4.21. The molecule has 0 unspecified atom stereocenters. The third-order valence-corrected chi connectivity index (χ3v) is 6.56. The molecule has 7 nitrogen and oxygen atoms in total. The summed E-state index contributed by atoms with van der Waals surface area (Å²) in [6.45, 7) is 2.26. The third kappa shape index (κ3) is 4.61. The first kappa shape index (κ1) is 20.5. The van der Waals surface area contributed by atoms with Crippen molar-refractivity contribution >= 4 is 38.7 Å². The Morgan fingerprint density at radius 2 is 1.84 bits per heavy atom. The monoisotopic (exact) mass is 445 g/mol. The minimum Gasteiger partial charge on any atom is -0.437 e. The second-order valence-corrected chi connectivity index (χ2v) is 8.76. The minimum atomic E-state index is 0.279. The van der Waals surface area contributed by atoms with Crippen LogP contribution in [0.2, 0.25) is 0 Å². The zero-order chi connectivity index (χ0) is 21.8. The summed E-state index contributed by atoms with van der Waals surface area (Å²) < 4.78 is 7.26. The lowest BCUT2D eigenvalue weighted by molar-refractivity contribution is -0.109. The van der Waals surface area contributed by atoms with Gasteiger partial charge in [-0.1, -0.05) is 23.5 Å². The van der Waals surface area contributed by atoms with Crippen molar-refractivity contribution in [3.05, 3.63) is 66.6 Å². The van der Waals surface area contributed by atoms with E-state index in [0.29, 0.717) is 18.2 Å². The number of hydrogen-bond donors (Lipinski definition) is 1. The van der Waals surface area contributed by atoms with E-state index >= 15 is 0 Å². The van der Waals surface area contributed by atoms with Gasteiger partial charge in [-0.3, -0.25) is 9.88 Å². The van der Waals surface area contributed by atoms with Crippen LogP contribution in [0.25, 0.3) is 10.2 Å². The standard InChI is InChI=1S/C24H23N5O2S/c30-16-15-29-13-9-17(10-14-29)22-23(26-12-11-25-22)31-19-7-5-18(6-8-19)27-24-28-20-3-1-2-4-21(20)32-24/h1-8,11-12,16-17H,9-10,13-15H2,(H,27,28). The van der Waals surface area contributed by atoms with Crippen molar-refractivity contribution in [2.24, 2.45) is 0 Å². The molecule has 4 aromatic rings. The van der Waals surface area contributed by atoms with Gasteiger partial charge in [-0.15, -0.1) is 0 Å². The van der Waals surface area contributed by atoms with Crippen LogP contribution in [-0.4, -0.2) is 45.8 Å². The van der Waals surface area contributed by atoms with Crippen LogP contribution >= 0.6 is 11.3 Å². The number of hydrogen-bond acceptors (Lipinski definition) is 8. The summed E-state index contributed by atoms with van der Waals surface area (Å²) in [4.78, 5) is 26.5. The Morgan fingerprint density at radius 1 is 1.06 bits per heavy atom. The molecule has 0 bridgehead atoms. The van der Waals surface area contributed by atoms with E-state index in [2.05, 4.69) is 31.2 Å². The molecular formula is C24H23N5O2S. The van der Waals surface area contributed by atoms with E-state index in [4.69, 9.17) is 4.74 Å².